The standard InChI is InChI=1S/C14H20N2O2/c1-3-4-13(17)16-10-14(18)15-9-12-7-5-11(2)6-8-12/h5-8H,3-4,9-10H2,1-2H3,(H,15,18)(H,16,17). The molecule has 98 valence electrons. The first-order valence-electron chi connectivity index (χ1n) is 6.20. The van der Waals surface area contributed by atoms with E-state index in [1.54, 1.807) is 0 Å². The van der Waals surface area contributed by atoms with Crippen LogP contribution in [0.2, 0.25) is 0 Å². The Labute approximate surface area is 108 Å². The van der Waals surface area contributed by atoms with E-state index in [-0.39, 0.29) is 18.4 Å². The quantitative estimate of drug-likeness (QED) is 0.802. The van der Waals surface area contributed by atoms with Gasteiger partial charge in [0.2, 0.25) is 11.8 Å². The van der Waals surface area contributed by atoms with Crippen LogP contribution >= 0.6 is 0 Å². The molecule has 0 saturated heterocycles. The van der Waals surface area contributed by atoms with Crippen molar-refractivity contribution in [3.8, 4) is 0 Å². The number of aryl methyl sites for hydroxylation is 1. The van der Waals surface area contributed by atoms with Gasteiger partial charge in [0, 0.05) is 13.0 Å². The Morgan fingerprint density at radius 1 is 1.06 bits per heavy atom. The zero-order valence-corrected chi connectivity index (χ0v) is 11.0. The van der Waals surface area contributed by atoms with Crippen molar-refractivity contribution in [3.63, 3.8) is 0 Å². The lowest BCUT2D eigenvalue weighted by atomic mass is 10.1. The van der Waals surface area contributed by atoms with Crippen LogP contribution in [0.15, 0.2) is 24.3 Å². The van der Waals surface area contributed by atoms with Gasteiger partial charge in [-0.15, -0.1) is 0 Å². The first kappa shape index (κ1) is 14.2. The second-order valence-electron chi connectivity index (χ2n) is 4.29. The van der Waals surface area contributed by atoms with E-state index >= 15 is 0 Å². The van der Waals surface area contributed by atoms with E-state index in [4.69, 9.17) is 0 Å². The predicted molar refractivity (Wildman–Crippen MR) is 70.9 cm³/mol. The third-order valence-corrected chi connectivity index (χ3v) is 2.53. The molecule has 4 heteroatoms. The molecule has 0 spiro atoms. The Balaban J connectivity index is 2.24. The van der Waals surface area contributed by atoms with Gasteiger partial charge in [-0.3, -0.25) is 9.59 Å². The molecule has 0 aliphatic heterocycles. The SMILES string of the molecule is CCCC(=O)NCC(=O)NCc1ccc(C)cc1. The molecule has 1 aromatic carbocycles. The molecule has 0 atom stereocenters. The monoisotopic (exact) mass is 248 g/mol. The molecule has 0 unspecified atom stereocenters. The minimum atomic E-state index is -0.167. The average Bonchev–Trinajstić information content (AvgIpc) is 2.36. The van der Waals surface area contributed by atoms with Crippen LogP contribution in [0.25, 0.3) is 0 Å². The van der Waals surface area contributed by atoms with E-state index in [0.717, 1.165) is 12.0 Å². The first-order valence-corrected chi connectivity index (χ1v) is 6.20. The van der Waals surface area contributed by atoms with Gasteiger partial charge >= 0.3 is 0 Å². The molecule has 18 heavy (non-hydrogen) atoms. The molecule has 0 radical (unpaired) electrons. The van der Waals surface area contributed by atoms with E-state index in [9.17, 15) is 9.59 Å². The molecule has 0 aliphatic rings. The summed E-state index contributed by atoms with van der Waals surface area (Å²) in [5.74, 6) is -0.247. The van der Waals surface area contributed by atoms with Crippen molar-refractivity contribution in [2.45, 2.75) is 33.2 Å². The maximum Gasteiger partial charge on any atom is 0.239 e. The number of amides is 2. The minimum absolute atomic E-state index is 0.0463. The minimum Gasteiger partial charge on any atom is -0.350 e. The molecule has 2 amide bonds. The second-order valence-corrected chi connectivity index (χ2v) is 4.29. The number of hydrogen-bond acceptors (Lipinski definition) is 2. The number of carbonyl (C=O) groups is 2. The number of nitrogens with one attached hydrogen (secondary N) is 2. The van der Waals surface area contributed by atoms with Crippen LogP contribution in [-0.4, -0.2) is 18.4 Å². The third kappa shape index (κ3) is 5.48. The maximum absolute atomic E-state index is 11.5. The van der Waals surface area contributed by atoms with E-state index in [1.807, 2.05) is 38.1 Å². The van der Waals surface area contributed by atoms with E-state index in [1.165, 1.54) is 5.56 Å². The molecule has 0 aliphatic carbocycles. The molecular weight excluding hydrogens is 228 g/mol. The Hall–Kier alpha value is -1.84. The fraction of sp³-hybridized carbons (Fsp3) is 0.429. The zero-order valence-electron chi connectivity index (χ0n) is 11.0. The lowest BCUT2D eigenvalue weighted by molar-refractivity contribution is -0.126. The summed E-state index contributed by atoms with van der Waals surface area (Å²) in [6.45, 7) is 4.48. The summed E-state index contributed by atoms with van der Waals surface area (Å²) >= 11 is 0. The van der Waals surface area contributed by atoms with Gasteiger partial charge in [-0.05, 0) is 18.9 Å². The lowest BCUT2D eigenvalue weighted by Crippen LogP contribution is -2.36. The number of carbonyl (C=O) groups excluding carboxylic acids is 2. The zero-order chi connectivity index (χ0) is 13.4. The molecule has 2 N–H and O–H groups in total. The normalized spacial score (nSPS) is 9.89. The van der Waals surface area contributed by atoms with Crippen LogP contribution in [0.5, 0.6) is 0 Å². The third-order valence-electron chi connectivity index (χ3n) is 2.53. The highest BCUT2D eigenvalue weighted by atomic mass is 16.2. The summed E-state index contributed by atoms with van der Waals surface area (Å²) in [6, 6.07) is 7.96. The van der Waals surface area contributed by atoms with Crippen molar-refractivity contribution in [2.24, 2.45) is 0 Å². The molecule has 0 fully saturated rings. The molecule has 0 aromatic heterocycles. The van der Waals surface area contributed by atoms with Crippen LogP contribution in [-0.2, 0) is 16.1 Å². The molecule has 1 aromatic rings. The second kappa shape index (κ2) is 7.48. The Morgan fingerprint density at radius 3 is 2.33 bits per heavy atom. The van der Waals surface area contributed by atoms with E-state index in [2.05, 4.69) is 10.6 Å². The summed E-state index contributed by atoms with van der Waals surface area (Å²) in [5.41, 5.74) is 2.24. The smallest absolute Gasteiger partial charge is 0.239 e. The van der Waals surface area contributed by atoms with Gasteiger partial charge in [0.15, 0.2) is 0 Å². The highest BCUT2D eigenvalue weighted by Gasteiger charge is 2.04. The average molecular weight is 248 g/mol. The Morgan fingerprint density at radius 2 is 1.72 bits per heavy atom. The summed E-state index contributed by atoms with van der Waals surface area (Å²) < 4.78 is 0. The van der Waals surface area contributed by atoms with Crippen LogP contribution in [0.1, 0.15) is 30.9 Å². The van der Waals surface area contributed by atoms with Gasteiger partial charge in [-0.1, -0.05) is 36.8 Å². The van der Waals surface area contributed by atoms with Gasteiger partial charge in [0.05, 0.1) is 6.54 Å². The number of hydrogen-bond donors (Lipinski definition) is 2. The van der Waals surface area contributed by atoms with Crippen LogP contribution < -0.4 is 10.6 Å². The topological polar surface area (TPSA) is 58.2 Å². The highest BCUT2D eigenvalue weighted by Crippen LogP contribution is 2.02. The lowest BCUT2D eigenvalue weighted by Gasteiger charge is -2.07. The summed E-state index contributed by atoms with van der Waals surface area (Å²) in [7, 11) is 0. The van der Waals surface area contributed by atoms with Crippen molar-refractivity contribution in [3.05, 3.63) is 35.4 Å². The van der Waals surface area contributed by atoms with E-state index < -0.39 is 0 Å². The van der Waals surface area contributed by atoms with Gasteiger partial charge in [-0.25, -0.2) is 0 Å². The van der Waals surface area contributed by atoms with Crippen molar-refractivity contribution in [1.29, 1.82) is 0 Å². The van der Waals surface area contributed by atoms with E-state index in [0.29, 0.717) is 13.0 Å². The molecule has 0 heterocycles. The number of rotatable bonds is 6. The summed E-state index contributed by atoms with van der Waals surface area (Å²) in [4.78, 5) is 22.6. The van der Waals surface area contributed by atoms with Crippen molar-refractivity contribution < 1.29 is 9.59 Å². The van der Waals surface area contributed by atoms with Crippen molar-refractivity contribution in [2.75, 3.05) is 6.54 Å². The largest absolute Gasteiger partial charge is 0.350 e. The molecule has 0 saturated carbocycles. The highest BCUT2D eigenvalue weighted by molar-refractivity contribution is 5.84. The number of benzene rings is 1. The van der Waals surface area contributed by atoms with Gasteiger partial charge < -0.3 is 10.6 Å². The van der Waals surface area contributed by atoms with Gasteiger partial charge in [0.25, 0.3) is 0 Å². The molecule has 4 nitrogen and oxygen atoms in total. The Kier molecular flexibility index (Phi) is 5.91. The summed E-state index contributed by atoms with van der Waals surface area (Å²) in [5, 5.41) is 5.34. The fourth-order valence-electron chi connectivity index (χ4n) is 1.46. The first-order chi connectivity index (χ1) is 8.61. The predicted octanol–water partition coefficient (Wildman–Crippen LogP) is 1.53. The van der Waals surface area contributed by atoms with Crippen LogP contribution in [0.4, 0.5) is 0 Å². The molecule has 1 rings (SSSR count). The van der Waals surface area contributed by atoms with Crippen molar-refractivity contribution in [1.82, 2.24) is 10.6 Å². The molecule has 0 bridgehead atoms. The Bertz CT molecular complexity index is 399. The fourth-order valence-corrected chi connectivity index (χ4v) is 1.46. The van der Waals surface area contributed by atoms with Crippen LogP contribution in [0, 0.1) is 6.92 Å². The molecular formula is C14H20N2O2. The summed E-state index contributed by atoms with van der Waals surface area (Å²) in [6.07, 6.45) is 1.25. The van der Waals surface area contributed by atoms with Crippen LogP contribution in [0.3, 0.4) is 0 Å². The van der Waals surface area contributed by atoms with Crippen molar-refractivity contribution >= 4 is 11.8 Å². The van der Waals surface area contributed by atoms with Gasteiger partial charge in [-0.2, -0.15) is 0 Å². The maximum atomic E-state index is 11.5. The van der Waals surface area contributed by atoms with Gasteiger partial charge in [0.1, 0.15) is 0 Å².